The lowest BCUT2D eigenvalue weighted by Gasteiger charge is -2.32. The highest BCUT2D eigenvalue weighted by Crippen LogP contribution is 2.30. The highest BCUT2D eigenvalue weighted by molar-refractivity contribution is 5.49. The van der Waals surface area contributed by atoms with Crippen molar-refractivity contribution in [2.75, 3.05) is 11.1 Å². The third-order valence-electron chi connectivity index (χ3n) is 3.36. The lowest BCUT2D eigenvalue weighted by atomic mass is 9.80. The van der Waals surface area contributed by atoms with E-state index >= 15 is 0 Å². The van der Waals surface area contributed by atoms with E-state index in [1.807, 2.05) is 19.1 Å². The Morgan fingerprint density at radius 2 is 2.20 bits per heavy atom. The van der Waals surface area contributed by atoms with E-state index in [2.05, 4.69) is 17.2 Å². The average Bonchev–Trinajstić information content (AvgIpc) is 2.08. The lowest BCUT2D eigenvalue weighted by Crippen LogP contribution is -2.31. The van der Waals surface area contributed by atoms with Crippen molar-refractivity contribution < 1.29 is 0 Å². The summed E-state index contributed by atoms with van der Waals surface area (Å²) in [4.78, 5) is 4.42. The van der Waals surface area contributed by atoms with Gasteiger partial charge in [0.25, 0.3) is 0 Å². The van der Waals surface area contributed by atoms with E-state index in [1.165, 1.54) is 19.3 Å². The first-order chi connectivity index (χ1) is 7.16. The van der Waals surface area contributed by atoms with Crippen LogP contribution in [0.2, 0.25) is 0 Å². The monoisotopic (exact) mass is 205 g/mol. The molecule has 0 saturated heterocycles. The van der Waals surface area contributed by atoms with Gasteiger partial charge in [-0.15, -0.1) is 0 Å². The predicted molar refractivity (Wildman–Crippen MR) is 63.8 cm³/mol. The fourth-order valence-electron chi connectivity index (χ4n) is 1.94. The maximum absolute atomic E-state index is 5.73. The van der Waals surface area contributed by atoms with Crippen molar-refractivity contribution in [3.8, 4) is 0 Å². The Balaban J connectivity index is 2.00. The van der Waals surface area contributed by atoms with Crippen LogP contribution in [0.1, 0.15) is 31.9 Å². The van der Waals surface area contributed by atoms with Gasteiger partial charge in [-0.3, -0.25) is 0 Å². The van der Waals surface area contributed by atoms with Crippen LogP contribution in [0.5, 0.6) is 0 Å². The van der Waals surface area contributed by atoms with Crippen molar-refractivity contribution in [2.24, 2.45) is 5.92 Å². The number of aromatic nitrogens is 1. The summed E-state index contributed by atoms with van der Waals surface area (Å²) in [5.74, 6) is 1.77. The van der Waals surface area contributed by atoms with Crippen LogP contribution in [0.15, 0.2) is 12.1 Å². The first-order valence-corrected chi connectivity index (χ1v) is 5.66. The predicted octanol–water partition coefficient (Wildman–Crippen LogP) is 2.57. The fraction of sp³-hybridized carbons (Fsp3) is 0.583. The van der Waals surface area contributed by atoms with E-state index in [1.54, 1.807) is 0 Å². The van der Waals surface area contributed by atoms with Crippen LogP contribution in [-0.4, -0.2) is 11.0 Å². The van der Waals surface area contributed by atoms with Crippen molar-refractivity contribution in [2.45, 2.75) is 39.2 Å². The van der Waals surface area contributed by atoms with Crippen LogP contribution in [0.4, 0.5) is 11.5 Å². The van der Waals surface area contributed by atoms with E-state index in [9.17, 15) is 0 Å². The van der Waals surface area contributed by atoms with Crippen LogP contribution in [-0.2, 0) is 0 Å². The zero-order chi connectivity index (χ0) is 10.8. The molecule has 3 heteroatoms. The smallest absolute Gasteiger partial charge is 0.126 e. The average molecular weight is 205 g/mol. The minimum absolute atomic E-state index is 0.522. The second kappa shape index (κ2) is 4.09. The Hall–Kier alpha value is -1.25. The highest BCUT2D eigenvalue weighted by atomic mass is 15.0. The molecule has 0 spiro atoms. The summed E-state index contributed by atoms with van der Waals surface area (Å²) < 4.78 is 0. The highest BCUT2D eigenvalue weighted by Gasteiger charge is 2.23. The second-order valence-electron chi connectivity index (χ2n) is 4.50. The third kappa shape index (κ3) is 2.22. The van der Waals surface area contributed by atoms with E-state index in [0.29, 0.717) is 6.04 Å². The Morgan fingerprint density at radius 3 is 2.73 bits per heavy atom. The van der Waals surface area contributed by atoms with E-state index in [-0.39, 0.29) is 0 Å². The van der Waals surface area contributed by atoms with Crippen molar-refractivity contribution in [1.82, 2.24) is 4.98 Å². The number of hydrogen-bond donors (Lipinski definition) is 2. The number of pyridine rings is 1. The Morgan fingerprint density at radius 1 is 1.47 bits per heavy atom. The molecule has 1 atom stereocenters. The second-order valence-corrected chi connectivity index (χ2v) is 4.50. The van der Waals surface area contributed by atoms with Gasteiger partial charge in [0, 0.05) is 6.04 Å². The van der Waals surface area contributed by atoms with E-state index < -0.39 is 0 Å². The van der Waals surface area contributed by atoms with Crippen molar-refractivity contribution >= 4 is 11.5 Å². The van der Waals surface area contributed by atoms with Crippen LogP contribution < -0.4 is 11.1 Å². The van der Waals surface area contributed by atoms with Crippen LogP contribution >= 0.6 is 0 Å². The maximum Gasteiger partial charge on any atom is 0.126 e. The molecule has 3 nitrogen and oxygen atoms in total. The molecular weight excluding hydrogens is 186 g/mol. The van der Waals surface area contributed by atoms with Gasteiger partial charge in [0.2, 0.25) is 0 Å². The molecule has 1 saturated carbocycles. The normalized spacial score (nSPS) is 18.3. The molecule has 0 aromatic carbocycles. The molecule has 1 aliphatic rings. The lowest BCUT2D eigenvalue weighted by molar-refractivity contribution is 0.285. The number of aryl methyl sites for hydroxylation is 1. The van der Waals surface area contributed by atoms with Crippen LogP contribution in [0.3, 0.4) is 0 Å². The number of nitrogens with two attached hydrogens (primary N) is 1. The number of anilines is 2. The summed E-state index contributed by atoms with van der Waals surface area (Å²) in [5, 5.41) is 3.45. The molecular formula is C12H19N3. The Kier molecular flexibility index (Phi) is 2.80. The van der Waals surface area contributed by atoms with Gasteiger partial charge in [0.15, 0.2) is 0 Å². The number of rotatable bonds is 3. The molecule has 15 heavy (non-hydrogen) atoms. The number of nitrogens with one attached hydrogen (secondary N) is 1. The van der Waals surface area contributed by atoms with Gasteiger partial charge in [-0.05, 0) is 44.7 Å². The van der Waals surface area contributed by atoms with Gasteiger partial charge >= 0.3 is 0 Å². The van der Waals surface area contributed by atoms with Crippen LogP contribution in [0, 0.1) is 12.8 Å². The number of nitrogen functional groups attached to an aromatic ring is 1. The molecule has 0 bridgehead atoms. The van der Waals surface area contributed by atoms with Gasteiger partial charge in [0.05, 0.1) is 11.4 Å². The van der Waals surface area contributed by atoms with Crippen LogP contribution in [0.25, 0.3) is 0 Å². The van der Waals surface area contributed by atoms with E-state index in [4.69, 9.17) is 5.73 Å². The van der Waals surface area contributed by atoms with Gasteiger partial charge in [0.1, 0.15) is 5.82 Å². The quantitative estimate of drug-likeness (QED) is 0.797. The summed E-state index contributed by atoms with van der Waals surface area (Å²) in [5.41, 5.74) is 7.39. The van der Waals surface area contributed by atoms with Gasteiger partial charge in [-0.2, -0.15) is 0 Å². The molecule has 0 radical (unpaired) electrons. The van der Waals surface area contributed by atoms with Gasteiger partial charge < -0.3 is 11.1 Å². The van der Waals surface area contributed by atoms with E-state index in [0.717, 1.165) is 23.1 Å². The minimum Gasteiger partial charge on any atom is -0.397 e. The summed E-state index contributed by atoms with van der Waals surface area (Å²) in [7, 11) is 0. The first-order valence-electron chi connectivity index (χ1n) is 5.66. The van der Waals surface area contributed by atoms with Crippen molar-refractivity contribution in [3.05, 3.63) is 17.8 Å². The SMILES string of the molecule is Cc1nc(NC(C)C2CCC2)ccc1N. The zero-order valence-corrected chi connectivity index (χ0v) is 9.46. The topological polar surface area (TPSA) is 50.9 Å². The maximum atomic E-state index is 5.73. The molecule has 0 amide bonds. The third-order valence-corrected chi connectivity index (χ3v) is 3.36. The zero-order valence-electron chi connectivity index (χ0n) is 9.46. The molecule has 1 fully saturated rings. The molecule has 3 N–H and O–H groups in total. The Labute approximate surface area is 91.1 Å². The number of hydrogen-bond acceptors (Lipinski definition) is 3. The molecule has 1 aliphatic carbocycles. The Bertz CT molecular complexity index is 345. The summed E-state index contributed by atoms with van der Waals surface area (Å²) >= 11 is 0. The minimum atomic E-state index is 0.522. The molecule has 1 aromatic heterocycles. The largest absolute Gasteiger partial charge is 0.397 e. The fourth-order valence-corrected chi connectivity index (χ4v) is 1.94. The first kappa shape index (κ1) is 10.3. The molecule has 1 unspecified atom stereocenters. The number of nitrogens with zero attached hydrogens (tertiary/aromatic N) is 1. The molecule has 1 aromatic rings. The van der Waals surface area contributed by atoms with Crippen molar-refractivity contribution in [3.63, 3.8) is 0 Å². The van der Waals surface area contributed by atoms with Gasteiger partial charge in [-0.25, -0.2) is 4.98 Å². The van der Waals surface area contributed by atoms with Crippen molar-refractivity contribution in [1.29, 1.82) is 0 Å². The van der Waals surface area contributed by atoms with Gasteiger partial charge in [-0.1, -0.05) is 6.42 Å². The standard InChI is InChI=1S/C12H19N3/c1-8(10-4-3-5-10)14-12-7-6-11(13)9(2)15-12/h6-8,10H,3-5,13H2,1-2H3,(H,14,15). The summed E-state index contributed by atoms with van der Waals surface area (Å²) in [6, 6.07) is 4.39. The summed E-state index contributed by atoms with van der Waals surface area (Å²) in [6.45, 7) is 4.17. The molecule has 2 rings (SSSR count). The molecule has 0 aliphatic heterocycles. The molecule has 82 valence electrons. The molecule has 1 heterocycles. The summed E-state index contributed by atoms with van der Waals surface area (Å²) in [6.07, 6.45) is 4.08.